The maximum Gasteiger partial charge on any atom is 0.522 e. The number of ether oxygens (including phenoxy) is 4. The zero-order valence-corrected chi connectivity index (χ0v) is 16.3. The van der Waals surface area contributed by atoms with Gasteiger partial charge >= 0.3 is 24.5 Å². The minimum atomic E-state index is -5.21. The molecule has 1 atom stereocenters. The highest BCUT2D eigenvalue weighted by Crippen LogP contribution is 2.22. The third-order valence-corrected chi connectivity index (χ3v) is 2.15. The van der Waals surface area contributed by atoms with E-state index in [-0.39, 0.29) is 24.4 Å². The van der Waals surface area contributed by atoms with Gasteiger partial charge in [0.1, 0.15) is 6.61 Å². The second-order valence-electron chi connectivity index (χ2n) is 5.02. The SMILES string of the molecule is C=C.C=C(C)C(=O)OCC(COCF)OC(=O)C(=C)C.FC(F)(F)COC(F)(F)F. The molecule has 0 radical (unpaired) electrons. The van der Waals surface area contributed by atoms with Crippen LogP contribution in [0.15, 0.2) is 37.5 Å². The fourth-order valence-corrected chi connectivity index (χ4v) is 1.000. The van der Waals surface area contributed by atoms with Crippen LogP contribution < -0.4 is 0 Å². The van der Waals surface area contributed by atoms with E-state index in [0.29, 0.717) is 0 Å². The molecule has 13 heteroatoms. The van der Waals surface area contributed by atoms with Gasteiger partial charge in [-0.1, -0.05) is 13.2 Å². The molecule has 30 heavy (non-hydrogen) atoms. The van der Waals surface area contributed by atoms with Crippen molar-refractivity contribution in [3.05, 3.63) is 37.5 Å². The summed E-state index contributed by atoms with van der Waals surface area (Å²) in [5.74, 6) is -1.28. The van der Waals surface area contributed by atoms with Crippen molar-refractivity contribution in [1.29, 1.82) is 0 Å². The molecular weight excluding hydrogens is 433 g/mol. The van der Waals surface area contributed by atoms with Gasteiger partial charge in [0.05, 0.1) is 6.61 Å². The van der Waals surface area contributed by atoms with Crippen molar-refractivity contribution in [1.82, 2.24) is 0 Å². The normalized spacial score (nSPS) is 11.6. The molecule has 0 aliphatic rings. The van der Waals surface area contributed by atoms with Crippen molar-refractivity contribution in [3.8, 4) is 0 Å². The van der Waals surface area contributed by atoms with Crippen LogP contribution in [-0.2, 0) is 28.5 Å². The number of hydrogen-bond donors (Lipinski definition) is 0. The molecule has 0 rings (SSSR count). The fourth-order valence-electron chi connectivity index (χ4n) is 1.000. The van der Waals surface area contributed by atoms with Crippen LogP contribution in [0.25, 0.3) is 0 Å². The lowest BCUT2D eigenvalue weighted by Gasteiger charge is -2.17. The molecule has 0 saturated heterocycles. The highest BCUT2D eigenvalue weighted by atomic mass is 19.4. The maximum absolute atomic E-state index is 11.9. The summed E-state index contributed by atoms with van der Waals surface area (Å²) < 4.78 is 94.0. The van der Waals surface area contributed by atoms with Crippen LogP contribution >= 0.6 is 0 Å². The minimum absolute atomic E-state index is 0.187. The molecule has 1 unspecified atom stereocenters. The quantitative estimate of drug-likeness (QED) is 0.221. The number of carbonyl (C=O) groups excluding carboxylic acids is 2. The van der Waals surface area contributed by atoms with Crippen LogP contribution in [0, 0.1) is 0 Å². The van der Waals surface area contributed by atoms with E-state index in [2.05, 4.69) is 35.8 Å². The Balaban J connectivity index is -0.000000514. The fraction of sp³-hybridized carbons (Fsp3) is 0.529. The monoisotopic (exact) mass is 456 g/mol. The third kappa shape index (κ3) is 23.6. The maximum atomic E-state index is 11.9. The molecule has 0 saturated carbocycles. The average Bonchev–Trinajstić information content (AvgIpc) is 2.62. The first-order valence-electron chi connectivity index (χ1n) is 7.69. The number of halogens is 7. The summed E-state index contributed by atoms with van der Waals surface area (Å²) in [4.78, 5) is 22.4. The van der Waals surface area contributed by atoms with E-state index in [1.807, 2.05) is 0 Å². The van der Waals surface area contributed by atoms with Crippen LogP contribution in [0.1, 0.15) is 13.8 Å². The van der Waals surface area contributed by atoms with Crippen molar-refractivity contribution >= 4 is 11.9 Å². The first kappa shape index (κ1) is 32.3. The van der Waals surface area contributed by atoms with Gasteiger partial charge in [0.15, 0.2) is 19.6 Å². The lowest BCUT2D eigenvalue weighted by atomic mass is 10.3. The third-order valence-electron chi connectivity index (χ3n) is 2.15. The summed E-state index contributed by atoms with van der Waals surface area (Å²) in [5.41, 5.74) is 0.401. The number of hydrogen-bond acceptors (Lipinski definition) is 6. The zero-order chi connectivity index (χ0) is 24.5. The van der Waals surface area contributed by atoms with E-state index >= 15 is 0 Å². The summed E-state index contributed by atoms with van der Waals surface area (Å²) in [6.07, 6.45) is -11.0. The molecule has 0 spiro atoms. The van der Waals surface area contributed by atoms with E-state index in [9.17, 15) is 40.3 Å². The van der Waals surface area contributed by atoms with Gasteiger partial charge in [-0.25, -0.2) is 14.0 Å². The van der Waals surface area contributed by atoms with Gasteiger partial charge in [0.2, 0.25) is 0 Å². The summed E-state index contributed by atoms with van der Waals surface area (Å²) in [5, 5.41) is 0. The van der Waals surface area contributed by atoms with Crippen LogP contribution in [0.4, 0.5) is 30.7 Å². The molecule has 0 N–H and O–H groups in total. The Hall–Kier alpha value is -2.41. The molecule has 0 aromatic rings. The zero-order valence-electron chi connectivity index (χ0n) is 16.3. The minimum Gasteiger partial charge on any atom is -0.458 e. The Morgan fingerprint density at radius 3 is 1.67 bits per heavy atom. The predicted molar refractivity (Wildman–Crippen MR) is 91.7 cm³/mol. The molecule has 6 nitrogen and oxygen atoms in total. The molecule has 0 fully saturated rings. The van der Waals surface area contributed by atoms with Gasteiger partial charge in [0, 0.05) is 11.1 Å². The number of rotatable bonds is 9. The Bertz CT molecular complexity index is 530. The van der Waals surface area contributed by atoms with Gasteiger partial charge in [-0.15, -0.1) is 26.3 Å². The Morgan fingerprint density at radius 2 is 1.37 bits per heavy atom. The van der Waals surface area contributed by atoms with Crippen molar-refractivity contribution in [3.63, 3.8) is 0 Å². The smallest absolute Gasteiger partial charge is 0.458 e. The molecule has 0 aromatic heterocycles. The molecule has 176 valence electrons. The second-order valence-corrected chi connectivity index (χ2v) is 5.02. The van der Waals surface area contributed by atoms with Crippen LogP contribution in [0.5, 0.6) is 0 Å². The first-order chi connectivity index (χ1) is 13.6. The molecule has 0 aliphatic carbocycles. The van der Waals surface area contributed by atoms with Crippen molar-refractivity contribution < 1.29 is 59.3 Å². The molecule has 0 bridgehead atoms. The van der Waals surface area contributed by atoms with E-state index in [4.69, 9.17) is 9.47 Å². The molecule has 0 aliphatic heterocycles. The highest BCUT2D eigenvalue weighted by Gasteiger charge is 2.37. The summed E-state index contributed by atoms with van der Waals surface area (Å²) >= 11 is 0. The molecule has 0 amide bonds. The van der Waals surface area contributed by atoms with Gasteiger partial charge in [-0.2, -0.15) is 13.2 Å². The van der Waals surface area contributed by atoms with Crippen LogP contribution in [-0.4, -0.2) is 57.3 Å². The number of carbonyl (C=O) groups is 2. The summed E-state index contributed by atoms with van der Waals surface area (Å²) in [6.45, 7) is 12.0. The highest BCUT2D eigenvalue weighted by molar-refractivity contribution is 5.87. The largest absolute Gasteiger partial charge is 0.522 e. The average molecular weight is 456 g/mol. The van der Waals surface area contributed by atoms with Gasteiger partial charge in [-0.05, 0) is 13.8 Å². The lowest BCUT2D eigenvalue weighted by molar-refractivity contribution is -0.352. The first-order valence-corrected chi connectivity index (χ1v) is 7.69. The predicted octanol–water partition coefficient (Wildman–Crippen LogP) is 4.42. The number of alkyl halides is 7. The molecular formula is C17H23F7O6. The molecule has 0 aromatic carbocycles. The Labute approximate surface area is 168 Å². The van der Waals surface area contributed by atoms with Crippen molar-refractivity contribution in [2.24, 2.45) is 0 Å². The van der Waals surface area contributed by atoms with E-state index in [1.165, 1.54) is 13.8 Å². The van der Waals surface area contributed by atoms with Gasteiger partial charge in [-0.3, -0.25) is 4.74 Å². The molecule has 0 heterocycles. The summed E-state index contributed by atoms with van der Waals surface area (Å²) in [6, 6.07) is 0. The van der Waals surface area contributed by atoms with Crippen LogP contribution in [0.2, 0.25) is 0 Å². The Kier molecular flexibility index (Phi) is 17.6. The number of esters is 2. The van der Waals surface area contributed by atoms with Crippen LogP contribution in [0.3, 0.4) is 0 Å². The standard InChI is InChI=1S/C12H17FO5.C3H2F6O.C2H4/c1-8(2)11(14)17-6-10(5-16-7-13)18-12(15)9(3)4;4-2(5,6)1-10-3(7,8)9;1-2/h10H,1,3,5-7H2,2,4H3;1H2;1-2H2. The second kappa shape index (κ2) is 16.4. The summed E-state index contributed by atoms with van der Waals surface area (Å²) in [7, 11) is 0. The Morgan fingerprint density at radius 1 is 0.900 bits per heavy atom. The lowest BCUT2D eigenvalue weighted by Crippen LogP contribution is -2.30. The van der Waals surface area contributed by atoms with Gasteiger partial charge < -0.3 is 14.2 Å². The van der Waals surface area contributed by atoms with Crippen molar-refractivity contribution in [2.45, 2.75) is 32.5 Å². The van der Waals surface area contributed by atoms with E-state index in [0.717, 1.165) is 0 Å². The van der Waals surface area contributed by atoms with E-state index in [1.54, 1.807) is 0 Å². The van der Waals surface area contributed by atoms with Crippen molar-refractivity contribution in [2.75, 3.05) is 26.7 Å². The van der Waals surface area contributed by atoms with Gasteiger partial charge in [0.25, 0.3) is 0 Å². The van der Waals surface area contributed by atoms with E-state index < -0.39 is 44.0 Å². The topological polar surface area (TPSA) is 71.1 Å².